The van der Waals surface area contributed by atoms with Gasteiger partial charge in [-0.3, -0.25) is 4.68 Å². The Balaban J connectivity index is 2.77. The number of fused-ring (bicyclic) bond motifs is 1. The quantitative estimate of drug-likeness (QED) is 0.737. The van der Waals surface area contributed by atoms with Crippen LogP contribution in [0.4, 0.5) is 5.69 Å². The summed E-state index contributed by atoms with van der Waals surface area (Å²) in [6.45, 7) is 0.444. The first kappa shape index (κ1) is 9.01. The molecule has 0 aliphatic carbocycles. The Morgan fingerprint density at radius 1 is 1.62 bits per heavy atom. The van der Waals surface area contributed by atoms with E-state index in [4.69, 9.17) is 0 Å². The van der Waals surface area contributed by atoms with E-state index in [0.29, 0.717) is 16.8 Å². The van der Waals surface area contributed by atoms with Crippen LogP contribution in [0.15, 0.2) is 9.63 Å². The SMILES string of the molecule is Cn1nc(Br)c2c1S(=O)(=O)CCN2. The first-order valence-electron chi connectivity index (χ1n) is 3.71. The van der Waals surface area contributed by atoms with E-state index in [2.05, 4.69) is 26.3 Å². The lowest BCUT2D eigenvalue weighted by atomic mass is 10.5. The van der Waals surface area contributed by atoms with E-state index in [1.54, 1.807) is 7.05 Å². The fourth-order valence-corrected chi connectivity index (χ4v) is 3.57. The van der Waals surface area contributed by atoms with Crippen molar-refractivity contribution in [2.75, 3.05) is 17.6 Å². The van der Waals surface area contributed by atoms with Crippen LogP contribution >= 0.6 is 15.9 Å². The second-order valence-electron chi connectivity index (χ2n) is 2.84. The third kappa shape index (κ3) is 1.26. The lowest BCUT2D eigenvalue weighted by Crippen LogP contribution is -2.24. The summed E-state index contributed by atoms with van der Waals surface area (Å²) in [6, 6.07) is 0. The van der Waals surface area contributed by atoms with Gasteiger partial charge < -0.3 is 5.32 Å². The van der Waals surface area contributed by atoms with Gasteiger partial charge in [0.05, 0.1) is 5.75 Å². The first-order valence-corrected chi connectivity index (χ1v) is 6.16. The molecule has 0 aromatic carbocycles. The average Bonchev–Trinajstić information content (AvgIpc) is 2.27. The highest BCUT2D eigenvalue weighted by Crippen LogP contribution is 2.31. The molecule has 0 radical (unpaired) electrons. The Labute approximate surface area is 84.2 Å². The predicted octanol–water partition coefficient (Wildman–Crippen LogP) is 0.382. The van der Waals surface area contributed by atoms with Gasteiger partial charge >= 0.3 is 0 Å². The maximum absolute atomic E-state index is 11.6. The third-order valence-corrected chi connectivity index (χ3v) is 4.27. The lowest BCUT2D eigenvalue weighted by molar-refractivity contribution is 0.575. The molecule has 1 N–H and O–H groups in total. The summed E-state index contributed by atoms with van der Waals surface area (Å²) in [5.41, 5.74) is 0.578. The van der Waals surface area contributed by atoms with Gasteiger partial charge in [-0.15, -0.1) is 0 Å². The minimum absolute atomic E-state index is 0.131. The van der Waals surface area contributed by atoms with Crippen molar-refractivity contribution >= 4 is 31.5 Å². The van der Waals surface area contributed by atoms with Gasteiger partial charge in [0, 0.05) is 13.6 Å². The Kier molecular flexibility index (Phi) is 1.88. The molecule has 72 valence electrons. The lowest BCUT2D eigenvalue weighted by Gasteiger charge is -2.14. The molecule has 0 fully saturated rings. The molecule has 0 saturated carbocycles. The van der Waals surface area contributed by atoms with Crippen molar-refractivity contribution in [3.05, 3.63) is 4.60 Å². The number of anilines is 1. The summed E-state index contributed by atoms with van der Waals surface area (Å²) >= 11 is 3.20. The highest BCUT2D eigenvalue weighted by Gasteiger charge is 2.29. The number of rotatable bonds is 0. The monoisotopic (exact) mass is 265 g/mol. The molecule has 0 spiro atoms. The molecule has 13 heavy (non-hydrogen) atoms. The van der Waals surface area contributed by atoms with Gasteiger partial charge in [-0.1, -0.05) is 0 Å². The van der Waals surface area contributed by atoms with Gasteiger partial charge in [0.15, 0.2) is 19.5 Å². The molecule has 1 aliphatic rings. The van der Waals surface area contributed by atoms with Gasteiger partial charge in [-0.2, -0.15) is 5.10 Å². The van der Waals surface area contributed by atoms with Gasteiger partial charge in [0.2, 0.25) is 0 Å². The molecule has 0 unspecified atom stereocenters. The van der Waals surface area contributed by atoms with Crippen LogP contribution < -0.4 is 5.32 Å². The largest absolute Gasteiger partial charge is 0.379 e. The fourth-order valence-electron chi connectivity index (χ4n) is 1.39. The minimum atomic E-state index is -3.14. The van der Waals surface area contributed by atoms with Crippen molar-refractivity contribution in [3.63, 3.8) is 0 Å². The Hall–Kier alpha value is -0.560. The molecular formula is C6H8BrN3O2S. The van der Waals surface area contributed by atoms with E-state index in [-0.39, 0.29) is 10.8 Å². The standard InChI is InChI=1S/C6H8BrN3O2S/c1-10-6-4(5(7)9-10)8-2-3-13(6,11)12/h8H,2-3H2,1H3. The van der Waals surface area contributed by atoms with E-state index < -0.39 is 9.84 Å². The van der Waals surface area contributed by atoms with Crippen LogP contribution in [0.3, 0.4) is 0 Å². The number of hydrogen-bond donors (Lipinski definition) is 1. The number of sulfone groups is 1. The van der Waals surface area contributed by atoms with Crippen LogP contribution in [-0.2, 0) is 16.9 Å². The number of nitrogens with one attached hydrogen (secondary N) is 1. The third-order valence-electron chi connectivity index (χ3n) is 1.92. The van der Waals surface area contributed by atoms with Crippen LogP contribution in [0.5, 0.6) is 0 Å². The molecule has 0 saturated heterocycles. The van der Waals surface area contributed by atoms with Crippen LogP contribution in [0.25, 0.3) is 0 Å². The summed E-state index contributed by atoms with van der Waals surface area (Å²) in [4.78, 5) is 0. The number of hydrogen-bond acceptors (Lipinski definition) is 4. The van der Waals surface area contributed by atoms with Crippen LogP contribution in [0, 0.1) is 0 Å². The number of aryl methyl sites for hydroxylation is 1. The molecule has 1 aliphatic heterocycles. The van der Waals surface area contributed by atoms with Crippen LogP contribution in [-0.4, -0.2) is 30.5 Å². The zero-order valence-corrected chi connectivity index (χ0v) is 9.31. The minimum Gasteiger partial charge on any atom is -0.379 e. The van der Waals surface area contributed by atoms with Crippen molar-refractivity contribution < 1.29 is 8.42 Å². The molecule has 0 amide bonds. The smallest absolute Gasteiger partial charge is 0.199 e. The maximum atomic E-state index is 11.6. The second kappa shape index (κ2) is 2.71. The average molecular weight is 266 g/mol. The maximum Gasteiger partial charge on any atom is 0.199 e. The summed E-state index contributed by atoms with van der Waals surface area (Å²) < 4.78 is 25.1. The number of aromatic nitrogens is 2. The summed E-state index contributed by atoms with van der Waals surface area (Å²) in [5, 5.41) is 7.25. The zero-order valence-electron chi connectivity index (χ0n) is 6.91. The first-order chi connectivity index (χ1) is 6.02. The normalized spacial score (nSPS) is 19.2. The molecular weight excluding hydrogens is 258 g/mol. The van der Waals surface area contributed by atoms with Crippen LogP contribution in [0.2, 0.25) is 0 Å². The van der Waals surface area contributed by atoms with Gasteiger partial charge in [-0.05, 0) is 15.9 Å². The highest BCUT2D eigenvalue weighted by atomic mass is 79.9. The van der Waals surface area contributed by atoms with Crippen molar-refractivity contribution in [3.8, 4) is 0 Å². The Bertz CT molecular complexity index is 451. The van der Waals surface area contributed by atoms with Gasteiger partial charge in [0.1, 0.15) is 5.69 Å². The Morgan fingerprint density at radius 3 is 2.92 bits per heavy atom. The molecule has 0 bridgehead atoms. The van der Waals surface area contributed by atoms with E-state index in [1.165, 1.54) is 4.68 Å². The molecule has 5 nitrogen and oxygen atoms in total. The van der Waals surface area contributed by atoms with E-state index >= 15 is 0 Å². The molecule has 1 aromatic heterocycles. The van der Waals surface area contributed by atoms with Gasteiger partial charge in [-0.25, -0.2) is 8.42 Å². The van der Waals surface area contributed by atoms with Gasteiger partial charge in [0.25, 0.3) is 0 Å². The predicted molar refractivity (Wildman–Crippen MR) is 51.5 cm³/mol. The Morgan fingerprint density at radius 2 is 2.31 bits per heavy atom. The summed E-state index contributed by atoms with van der Waals surface area (Å²) in [5.74, 6) is 0.131. The molecule has 2 rings (SSSR count). The fraction of sp³-hybridized carbons (Fsp3) is 0.500. The van der Waals surface area contributed by atoms with E-state index in [9.17, 15) is 8.42 Å². The van der Waals surface area contributed by atoms with Crippen molar-refractivity contribution in [2.45, 2.75) is 5.03 Å². The summed E-state index contributed by atoms with van der Waals surface area (Å²) in [7, 11) is -1.52. The van der Waals surface area contributed by atoms with E-state index in [1.807, 2.05) is 0 Å². The number of nitrogens with zero attached hydrogens (tertiary/aromatic N) is 2. The van der Waals surface area contributed by atoms with Crippen molar-refractivity contribution in [1.29, 1.82) is 0 Å². The highest BCUT2D eigenvalue weighted by molar-refractivity contribution is 9.10. The second-order valence-corrected chi connectivity index (χ2v) is 5.62. The molecule has 7 heteroatoms. The van der Waals surface area contributed by atoms with E-state index in [0.717, 1.165) is 0 Å². The van der Waals surface area contributed by atoms with Crippen molar-refractivity contribution in [2.24, 2.45) is 7.05 Å². The summed E-state index contributed by atoms with van der Waals surface area (Å²) in [6.07, 6.45) is 0. The van der Waals surface area contributed by atoms with Crippen molar-refractivity contribution in [1.82, 2.24) is 9.78 Å². The van der Waals surface area contributed by atoms with Crippen LogP contribution in [0.1, 0.15) is 0 Å². The number of halogens is 1. The molecule has 2 heterocycles. The topological polar surface area (TPSA) is 64.0 Å². The zero-order chi connectivity index (χ0) is 9.64. The molecule has 1 aromatic rings. The molecule has 0 atom stereocenters.